The molecule has 0 aromatic rings. The molecule has 2 aliphatic carbocycles. The molecule has 37 heavy (non-hydrogen) atoms. The lowest BCUT2D eigenvalue weighted by Gasteiger charge is -2.16. The van der Waals surface area contributed by atoms with Gasteiger partial charge in [-0.15, -0.1) is 6.58 Å². The highest BCUT2D eigenvalue weighted by Gasteiger charge is 2.50. The molecule has 4 aliphatic rings. The molecule has 2 aliphatic heterocycles. The van der Waals surface area contributed by atoms with E-state index in [4.69, 9.17) is 9.47 Å². The van der Waals surface area contributed by atoms with Gasteiger partial charge in [0.05, 0.1) is 13.2 Å². The molecule has 0 aromatic carbocycles. The number of carbonyl (C=O) groups excluding carboxylic acids is 5. The fourth-order valence-corrected chi connectivity index (χ4v) is 6.25. The number of unbranched alkanes of at least 4 members (excludes halogenated alkanes) is 2. The summed E-state index contributed by atoms with van der Waals surface area (Å²) in [5.74, 6) is -2.26. The van der Waals surface area contributed by atoms with Gasteiger partial charge in [0, 0.05) is 11.6 Å². The molecule has 0 N–H and O–H groups in total. The Bertz CT molecular complexity index is 946. The van der Waals surface area contributed by atoms with Crippen molar-refractivity contribution >= 4 is 42.4 Å². The van der Waals surface area contributed by atoms with Gasteiger partial charge in [-0.05, 0) is 92.9 Å². The molecule has 0 saturated heterocycles. The highest BCUT2D eigenvalue weighted by Crippen LogP contribution is 2.41. The van der Waals surface area contributed by atoms with E-state index < -0.39 is 31.0 Å². The standard InChI is InChI=1S/C28H36B2O7/c1-17-20-11-5-6-12-21(20)24(31)29(17)18(2)27(34)36-15-9-4-10-16-37-28(35)19(3)30-25(32)22-13-7-8-14-23(22)26(30)33/h18-19H,1,4-16H2,2-3H3. The van der Waals surface area contributed by atoms with Gasteiger partial charge >= 0.3 is 18.7 Å². The zero-order chi connectivity index (χ0) is 26.7. The number of ether oxygens (including phenoxy) is 2. The Hall–Kier alpha value is -2.70. The topological polar surface area (TPSA) is 104 Å². The summed E-state index contributed by atoms with van der Waals surface area (Å²) in [7, 11) is 0. The van der Waals surface area contributed by atoms with Crippen molar-refractivity contribution < 1.29 is 33.4 Å². The van der Waals surface area contributed by atoms with E-state index >= 15 is 0 Å². The van der Waals surface area contributed by atoms with E-state index in [1.807, 2.05) is 0 Å². The molecule has 0 radical (unpaired) electrons. The molecule has 0 aromatic heterocycles. The van der Waals surface area contributed by atoms with E-state index in [9.17, 15) is 24.0 Å². The Labute approximate surface area is 219 Å². The van der Waals surface area contributed by atoms with Gasteiger partial charge in [-0.2, -0.15) is 0 Å². The minimum Gasteiger partial charge on any atom is -0.466 e. The van der Waals surface area contributed by atoms with Crippen LogP contribution in [0.25, 0.3) is 0 Å². The van der Waals surface area contributed by atoms with Crippen LogP contribution in [0.4, 0.5) is 0 Å². The van der Waals surface area contributed by atoms with Crippen molar-refractivity contribution in [1.29, 1.82) is 0 Å². The van der Waals surface area contributed by atoms with Crippen molar-refractivity contribution in [2.24, 2.45) is 0 Å². The Morgan fingerprint density at radius 2 is 1.05 bits per heavy atom. The SMILES string of the molecule is C=C1B(C(C)C(=O)OCCCCCOC(=O)C(C)B2C(=O)C3=C(CCCC3)C2=O)C(=O)C2=C1CCCC2. The van der Waals surface area contributed by atoms with Crippen molar-refractivity contribution in [3.8, 4) is 0 Å². The van der Waals surface area contributed by atoms with Crippen LogP contribution in [0.5, 0.6) is 0 Å². The summed E-state index contributed by atoms with van der Waals surface area (Å²) in [6.45, 7) is 6.43. The van der Waals surface area contributed by atoms with Crippen LogP contribution in [0.1, 0.15) is 84.5 Å². The maximum atomic E-state index is 12.8. The van der Waals surface area contributed by atoms with E-state index in [0.29, 0.717) is 43.3 Å². The predicted octanol–water partition coefficient (Wildman–Crippen LogP) is 4.20. The predicted molar refractivity (Wildman–Crippen MR) is 141 cm³/mol. The maximum absolute atomic E-state index is 12.8. The smallest absolute Gasteiger partial charge is 0.327 e. The quantitative estimate of drug-likeness (QED) is 0.249. The van der Waals surface area contributed by atoms with Crippen molar-refractivity contribution in [3.63, 3.8) is 0 Å². The fourth-order valence-electron chi connectivity index (χ4n) is 6.25. The first kappa shape index (κ1) is 27.3. The van der Waals surface area contributed by atoms with E-state index in [-0.39, 0.29) is 36.2 Å². The number of esters is 2. The molecule has 7 nitrogen and oxygen atoms in total. The highest BCUT2D eigenvalue weighted by atomic mass is 16.5. The van der Waals surface area contributed by atoms with Gasteiger partial charge < -0.3 is 23.9 Å². The van der Waals surface area contributed by atoms with Crippen LogP contribution in [-0.4, -0.2) is 55.6 Å². The number of hydrogen-bond acceptors (Lipinski definition) is 7. The van der Waals surface area contributed by atoms with Crippen LogP contribution in [0.2, 0.25) is 11.6 Å². The summed E-state index contributed by atoms with van der Waals surface area (Å²) in [6, 6.07) is 0. The van der Waals surface area contributed by atoms with Crippen molar-refractivity contribution in [3.05, 3.63) is 34.3 Å². The van der Waals surface area contributed by atoms with Crippen molar-refractivity contribution in [1.82, 2.24) is 0 Å². The van der Waals surface area contributed by atoms with Crippen molar-refractivity contribution in [2.75, 3.05) is 13.2 Å². The molecule has 0 bridgehead atoms. The first-order chi connectivity index (χ1) is 17.7. The van der Waals surface area contributed by atoms with Crippen LogP contribution >= 0.6 is 0 Å². The number of hydrogen-bond donors (Lipinski definition) is 0. The normalized spacial score (nSPS) is 21.4. The third-order valence-electron chi connectivity index (χ3n) is 8.46. The first-order valence-electron chi connectivity index (χ1n) is 13.8. The van der Waals surface area contributed by atoms with Gasteiger partial charge in [0.1, 0.15) is 17.0 Å². The third kappa shape index (κ3) is 5.46. The number of allylic oxidation sites excluding steroid dienone is 5. The van der Waals surface area contributed by atoms with Gasteiger partial charge in [0.25, 0.3) is 6.71 Å². The molecular formula is C28H36B2O7. The maximum Gasteiger partial charge on any atom is 0.327 e. The summed E-state index contributed by atoms with van der Waals surface area (Å²) >= 11 is 0. The number of rotatable bonds is 10. The average Bonchev–Trinajstić information content (AvgIpc) is 3.31. The van der Waals surface area contributed by atoms with Gasteiger partial charge in [-0.1, -0.05) is 19.3 Å². The fraction of sp³-hybridized carbons (Fsp3) is 0.607. The second-order valence-corrected chi connectivity index (χ2v) is 10.9. The molecule has 2 unspecified atom stereocenters. The minimum atomic E-state index is -0.930. The molecule has 2 atom stereocenters. The van der Waals surface area contributed by atoms with Crippen LogP contribution in [0.3, 0.4) is 0 Å². The van der Waals surface area contributed by atoms with E-state index in [0.717, 1.165) is 55.1 Å². The van der Waals surface area contributed by atoms with Crippen LogP contribution in [-0.2, 0) is 33.4 Å². The van der Waals surface area contributed by atoms with Crippen LogP contribution in [0, 0.1) is 0 Å². The van der Waals surface area contributed by atoms with E-state index in [2.05, 4.69) is 6.58 Å². The lowest BCUT2D eigenvalue weighted by molar-refractivity contribution is -0.143. The Morgan fingerprint density at radius 1 is 0.676 bits per heavy atom. The average molecular weight is 506 g/mol. The summed E-state index contributed by atoms with van der Waals surface area (Å²) in [4.78, 5) is 63.3. The third-order valence-corrected chi connectivity index (χ3v) is 8.46. The zero-order valence-corrected chi connectivity index (χ0v) is 22.1. The minimum absolute atomic E-state index is 0.0390. The molecule has 0 spiro atoms. The van der Waals surface area contributed by atoms with Crippen LogP contribution < -0.4 is 0 Å². The monoisotopic (exact) mass is 506 g/mol. The molecular weight excluding hydrogens is 470 g/mol. The van der Waals surface area contributed by atoms with Gasteiger partial charge in [-0.25, -0.2) is 0 Å². The molecule has 4 rings (SSSR count). The van der Waals surface area contributed by atoms with E-state index in [1.54, 1.807) is 13.8 Å². The molecule has 196 valence electrons. The largest absolute Gasteiger partial charge is 0.466 e. The molecule has 9 heteroatoms. The molecule has 0 fully saturated rings. The number of carbonyl (C=O) groups is 5. The summed E-state index contributed by atoms with van der Waals surface area (Å²) < 4.78 is 10.8. The summed E-state index contributed by atoms with van der Waals surface area (Å²) in [5, 5.41) is 0. The van der Waals surface area contributed by atoms with Crippen LogP contribution in [0.15, 0.2) is 34.3 Å². The lowest BCUT2D eigenvalue weighted by atomic mass is 9.36. The molecule has 0 amide bonds. The Kier molecular flexibility index (Phi) is 8.71. The van der Waals surface area contributed by atoms with Gasteiger partial charge in [0.2, 0.25) is 0 Å². The second kappa shape index (κ2) is 11.8. The first-order valence-corrected chi connectivity index (χ1v) is 13.8. The zero-order valence-electron chi connectivity index (χ0n) is 22.1. The van der Waals surface area contributed by atoms with Gasteiger partial charge in [-0.3, -0.25) is 9.59 Å². The summed E-state index contributed by atoms with van der Waals surface area (Å²) in [6.07, 6.45) is 8.67. The lowest BCUT2D eigenvalue weighted by Crippen LogP contribution is -2.38. The Balaban J connectivity index is 1.12. The molecule has 2 heterocycles. The summed E-state index contributed by atoms with van der Waals surface area (Å²) in [5.41, 5.74) is 3.61. The van der Waals surface area contributed by atoms with Crippen molar-refractivity contribution in [2.45, 2.75) is 96.1 Å². The van der Waals surface area contributed by atoms with E-state index in [1.165, 1.54) is 0 Å². The Morgan fingerprint density at radius 3 is 1.51 bits per heavy atom. The second-order valence-electron chi connectivity index (χ2n) is 10.9. The molecule has 0 saturated carbocycles. The highest BCUT2D eigenvalue weighted by molar-refractivity contribution is 7.18. The van der Waals surface area contributed by atoms with Gasteiger partial charge in [0.15, 0.2) is 0 Å².